The number of fused-ring (bicyclic) bond motifs is 3. The molecule has 1 aromatic carbocycles. The summed E-state index contributed by atoms with van der Waals surface area (Å²) in [5.74, 6) is 0. The van der Waals surface area contributed by atoms with Crippen LogP contribution in [-0.2, 0) is 6.42 Å². The van der Waals surface area contributed by atoms with Gasteiger partial charge < -0.3 is 4.40 Å². The van der Waals surface area contributed by atoms with Crippen LogP contribution < -0.4 is 0 Å². The van der Waals surface area contributed by atoms with E-state index in [1.807, 2.05) is 6.20 Å². The molecular formula is C16H18N2. The molecule has 0 fully saturated rings. The first-order valence-corrected chi connectivity index (χ1v) is 6.38. The molecule has 0 aliphatic carbocycles. The maximum absolute atomic E-state index is 4.59. The van der Waals surface area contributed by atoms with Crippen LogP contribution in [-0.4, -0.2) is 9.38 Å². The molecule has 0 saturated heterocycles. The van der Waals surface area contributed by atoms with Crippen LogP contribution in [0.25, 0.3) is 16.4 Å². The second-order valence-corrected chi connectivity index (χ2v) is 6.08. The Morgan fingerprint density at radius 2 is 1.89 bits per heavy atom. The summed E-state index contributed by atoms with van der Waals surface area (Å²) < 4.78 is 2.22. The maximum Gasteiger partial charge on any atom is 0.144 e. The van der Waals surface area contributed by atoms with Gasteiger partial charge in [-0.25, -0.2) is 4.98 Å². The fourth-order valence-corrected chi connectivity index (χ4v) is 2.44. The predicted octanol–water partition coefficient (Wildman–Crippen LogP) is 4.08. The zero-order chi connectivity index (χ0) is 12.8. The molecule has 0 radical (unpaired) electrons. The second-order valence-electron chi connectivity index (χ2n) is 6.08. The molecule has 2 heterocycles. The van der Waals surface area contributed by atoms with E-state index >= 15 is 0 Å². The molecule has 0 N–H and O–H groups in total. The van der Waals surface area contributed by atoms with Gasteiger partial charge in [-0.05, 0) is 23.3 Å². The molecule has 2 aromatic heterocycles. The molecule has 0 amide bonds. The van der Waals surface area contributed by atoms with Gasteiger partial charge in [-0.1, -0.05) is 45.0 Å². The summed E-state index contributed by atoms with van der Waals surface area (Å²) in [6.07, 6.45) is 5.17. The van der Waals surface area contributed by atoms with Gasteiger partial charge in [-0.2, -0.15) is 0 Å². The standard InChI is InChI=1S/C16H18N2/c1-16(2,3)10-13-11-17-15-14-7-5-4-6-12(14)8-9-18(13)15/h4-9,11H,10H2,1-3H3. The van der Waals surface area contributed by atoms with E-state index in [1.165, 1.54) is 16.5 Å². The number of hydrogen-bond acceptors (Lipinski definition) is 1. The Kier molecular flexibility index (Phi) is 2.40. The Balaban J connectivity index is 2.23. The first-order valence-electron chi connectivity index (χ1n) is 6.38. The molecule has 0 spiro atoms. The van der Waals surface area contributed by atoms with Gasteiger partial charge in [-0.15, -0.1) is 0 Å². The van der Waals surface area contributed by atoms with Crippen molar-refractivity contribution in [2.45, 2.75) is 27.2 Å². The minimum Gasteiger partial charge on any atom is -0.304 e. The fraction of sp³-hybridized carbons (Fsp3) is 0.312. The molecule has 0 bridgehead atoms. The van der Waals surface area contributed by atoms with E-state index in [1.54, 1.807) is 0 Å². The van der Waals surface area contributed by atoms with E-state index < -0.39 is 0 Å². The van der Waals surface area contributed by atoms with E-state index in [9.17, 15) is 0 Å². The zero-order valence-electron chi connectivity index (χ0n) is 11.1. The van der Waals surface area contributed by atoms with Crippen molar-refractivity contribution >= 4 is 16.4 Å². The van der Waals surface area contributed by atoms with Gasteiger partial charge in [0.2, 0.25) is 0 Å². The second kappa shape index (κ2) is 3.84. The van der Waals surface area contributed by atoms with Gasteiger partial charge in [0.05, 0.1) is 0 Å². The van der Waals surface area contributed by atoms with Crippen LogP contribution in [0.15, 0.2) is 42.7 Å². The van der Waals surface area contributed by atoms with E-state index in [0.29, 0.717) is 0 Å². The van der Waals surface area contributed by atoms with Crippen LogP contribution in [0.5, 0.6) is 0 Å². The van der Waals surface area contributed by atoms with Crippen molar-refractivity contribution in [1.29, 1.82) is 0 Å². The number of pyridine rings is 1. The monoisotopic (exact) mass is 238 g/mol. The van der Waals surface area contributed by atoms with Crippen molar-refractivity contribution in [3.63, 3.8) is 0 Å². The highest BCUT2D eigenvalue weighted by Crippen LogP contribution is 2.24. The smallest absolute Gasteiger partial charge is 0.144 e. The summed E-state index contributed by atoms with van der Waals surface area (Å²) in [5.41, 5.74) is 2.62. The van der Waals surface area contributed by atoms with Crippen molar-refractivity contribution in [3.05, 3.63) is 48.4 Å². The molecule has 0 saturated carbocycles. The van der Waals surface area contributed by atoms with Gasteiger partial charge in [0.15, 0.2) is 0 Å². The predicted molar refractivity (Wildman–Crippen MR) is 75.9 cm³/mol. The first-order chi connectivity index (χ1) is 8.54. The van der Waals surface area contributed by atoms with Gasteiger partial charge in [0.25, 0.3) is 0 Å². The number of aromatic nitrogens is 2. The molecule has 0 aliphatic rings. The van der Waals surface area contributed by atoms with Crippen molar-refractivity contribution in [2.24, 2.45) is 5.41 Å². The molecule has 18 heavy (non-hydrogen) atoms. The first kappa shape index (κ1) is 11.3. The molecule has 3 aromatic rings. The third-order valence-electron chi connectivity index (χ3n) is 3.19. The Labute approximate surface area is 107 Å². The molecular weight excluding hydrogens is 220 g/mol. The Bertz CT molecular complexity index is 702. The van der Waals surface area contributed by atoms with Crippen LogP contribution in [0.4, 0.5) is 0 Å². The molecule has 0 unspecified atom stereocenters. The molecule has 92 valence electrons. The summed E-state index contributed by atoms with van der Waals surface area (Å²) in [6, 6.07) is 10.6. The van der Waals surface area contributed by atoms with Crippen molar-refractivity contribution in [2.75, 3.05) is 0 Å². The molecule has 3 rings (SSSR count). The number of rotatable bonds is 1. The van der Waals surface area contributed by atoms with E-state index in [-0.39, 0.29) is 5.41 Å². The minimum atomic E-state index is 0.279. The third kappa shape index (κ3) is 1.88. The van der Waals surface area contributed by atoms with E-state index in [0.717, 1.165) is 12.1 Å². The lowest BCUT2D eigenvalue weighted by Crippen LogP contribution is -2.10. The lowest BCUT2D eigenvalue weighted by Gasteiger charge is -2.17. The highest BCUT2D eigenvalue weighted by molar-refractivity contribution is 5.93. The Morgan fingerprint density at radius 3 is 2.67 bits per heavy atom. The number of nitrogens with zero attached hydrogens (tertiary/aromatic N) is 2. The van der Waals surface area contributed by atoms with Crippen LogP contribution in [0.3, 0.4) is 0 Å². The van der Waals surface area contributed by atoms with Crippen LogP contribution in [0, 0.1) is 5.41 Å². The summed E-state index contributed by atoms with van der Waals surface area (Å²) >= 11 is 0. The maximum atomic E-state index is 4.59. The SMILES string of the molecule is CC(C)(C)Cc1cnc2c3ccccc3ccn12. The van der Waals surface area contributed by atoms with Gasteiger partial charge in [0.1, 0.15) is 5.65 Å². The average molecular weight is 238 g/mol. The molecule has 0 aliphatic heterocycles. The summed E-state index contributed by atoms with van der Waals surface area (Å²) in [4.78, 5) is 4.59. The quantitative estimate of drug-likeness (QED) is 0.624. The highest BCUT2D eigenvalue weighted by atomic mass is 15.0. The largest absolute Gasteiger partial charge is 0.304 e. The van der Waals surface area contributed by atoms with Crippen molar-refractivity contribution in [1.82, 2.24) is 9.38 Å². The van der Waals surface area contributed by atoms with E-state index in [4.69, 9.17) is 0 Å². The summed E-state index contributed by atoms with van der Waals surface area (Å²) in [5, 5.41) is 2.47. The fourth-order valence-electron chi connectivity index (χ4n) is 2.44. The van der Waals surface area contributed by atoms with Crippen molar-refractivity contribution in [3.8, 4) is 0 Å². The molecule has 2 heteroatoms. The van der Waals surface area contributed by atoms with Crippen LogP contribution in [0.1, 0.15) is 26.5 Å². The summed E-state index contributed by atoms with van der Waals surface area (Å²) in [7, 11) is 0. The highest BCUT2D eigenvalue weighted by Gasteiger charge is 2.15. The number of benzene rings is 1. The van der Waals surface area contributed by atoms with Gasteiger partial charge in [0, 0.05) is 23.5 Å². The lowest BCUT2D eigenvalue weighted by molar-refractivity contribution is 0.405. The van der Waals surface area contributed by atoms with Gasteiger partial charge >= 0.3 is 0 Å². The number of hydrogen-bond donors (Lipinski definition) is 0. The normalized spacial score (nSPS) is 12.4. The third-order valence-corrected chi connectivity index (χ3v) is 3.19. The minimum absolute atomic E-state index is 0.279. The van der Waals surface area contributed by atoms with Crippen LogP contribution in [0.2, 0.25) is 0 Å². The average Bonchev–Trinajstić information content (AvgIpc) is 2.71. The Morgan fingerprint density at radius 1 is 1.11 bits per heavy atom. The Hall–Kier alpha value is -1.83. The van der Waals surface area contributed by atoms with Gasteiger partial charge in [-0.3, -0.25) is 0 Å². The van der Waals surface area contributed by atoms with Crippen LogP contribution >= 0.6 is 0 Å². The molecule has 2 nitrogen and oxygen atoms in total. The van der Waals surface area contributed by atoms with E-state index in [2.05, 4.69) is 66.7 Å². The zero-order valence-corrected chi connectivity index (χ0v) is 11.1. The topological polar surface area (TPSA) is 17.3 Å². The summed E-state index contributed by atoms with van der Waals surface area (Å²) in [6.45, 7) is 6.77. The van der Waals surface area contributed by atoms with Crippen molar-refractivity contribution < 1.29 is 0 Å². The number of imidazole rings is 1. The molecule has 0 atom stereocenters. The lowest BCUT2D eigenvalue weighted by atomic mass is 9.91.